The molecule has 0 radical (unpaired) electrons. The lowest BCUT2D eigenvalue weighted by molar-refractivity contribution is -0.143. The Morgan fingerprint density at radius 2 is 2.38 bits per heavy atom. The van der Waals surface area contributed by atoms with Crippen LogP contribution in [-0.4, -0.2) is 28.0 Å². The largest absolute Gasteiger partial charge is 0.326 e. The highest BCUT2D eigenvalue weighted by Gasteiger charge is 2.45. The number of thioether (sulfide) groups is 1. The van der Waals surface area contributed by atoms with Gasteiger partial charge in [0.1, 0.15) is 0 Å². The van der Waals surface area contributed by atoms with Crippen LogP contribution in [0.3, 0.4) is 0 Å². The summed E-state index contributed by atoms with van der Waals surface area (Å²) < 4.78 is 0. The minimum absolute atomic E-state index is 0.386. The molecule has 0 N–H and O–H groups in total. The van der Waals surface area contributed by atoms with Crippen molar-refractivity contribution in [2.24, 2.45) is 0 Å². The van der Waals surface area contributed by atoms with Crippen LogP contribution >= 0.6 is 11.8 Å². The summed E-state index contributed by atoms with van der Waals surface area (Å²) in [5.74, 6) is 1.57. The predicted molar refractivity (Wildman–Crippen MR) is 55.6 cm³/mol. The van der Waals surface area contributed by atoms with Crippen molar-refractivity contribution < 1.29 is 4.79 Å². The summed E-state index contributed by atoms with van der Waals surface area (Å²) in [6, 6.07) is 0.572. The molecule has 2 atom stereocenters. The third-order valence-corrected chi connectivity index (χ3v) is 4.32. The van der Waals surface area contributed by atoms with E-state index in [1.54, 1.807) is 0 Å². The van der Waals surface area contributed by atoms with Crippen molar-refractivity contribution in [1.82, 2.24) is 4.90 Å². The Morgan fingerprint density at radius 3 is 3.08 bits per heavy atom. The lowest BCUT2D eigenvalue weighted by Gasteiger charge is -2.37. The molecule has 13 heavy (non-hydrogen) atoms. The highest BCUT2D eigenvalue weighted by Crippen LogP contribution is 2.40. The van der Waals surface area contributed by atoms with E-state index in [4.69, 9.17) is 0 Å². The lowest BCUT2D eigenvalue weighted by atomic mass is 10.0. The zero-order chi connectivity index (χ0) is 9.26. The van der Waals surface area contributed by atoms with Gasteiger partial charge in [0.15, 0.2) is 0 Å². The van der Waals surface area contributed by atoms with E-state index in [0.29, 0.717) is 17.3 Å². The number of carbonyl (C=O) groups is 1. The van der Waals surface area contributed by atoms with Crippen molar-refractivity contribution in [3.8, 4) is 0 Å². The SMILES string of the molecule is CCCCCC1CSC2CC(=O)N12. The maximum Gasteiger partial charge on any atom is 0.226 e. The second kappa shape index (κ2) is 3.91. The van der Waals surface area contributed by atoms with Gasteiger partial charge < -0.3 is 4.90 Å². The summed E-state index contributed by atoms with van der Waals surface area (Å²) in [5.41, 5.74) is 0. The fraction of sp³-hybridized carbons (Fsp3) is 0.900. The van der Waals surface area contributed by atoms with Crippen LogP contribution in [0, 0.1) is 0 Å². The van der Waals surface area contributed by atoms with Crippen molar-refractivity contribution in [3.63, 3.8) is 0 Å². The Kier molecular flexibility index (Phi) is 2.82. The minimum atomic E-state index is 0.386. The molecule has 0 aromatic heterocycles. The topological polar surface area (TPSA) is 20.3 Å². The molecule has 2 heterocycles. The quantitative estimate of drug-likeness (QED) is 0.511. The number of carbonyl (C=O) groups excluding carboxylic acids is 1. The fourth-order valence-corrected chi connectivity index (χ4v) is 3.62. The molecule has 2 aliphatic rings. The Morgan fingerprint density at radius 1 is 1.54 bits per heavy atom. The van der Waals surface area contributed by atoms with Gasteiger partial charge in [0.25, 0.3) is 0 Å². The zero-order valence-corrected chi connectivity index (χ0v) is 8.98. The molecule has 0 spiro atoms. The Balaban J connectivity index is 1.77. The molecule has 0 aromatic carbocycles. The second-order valence-corrected chi connectivity index (χ2v) is 5.15. The highest BCUT2D eigenvalue weighted by molar-refractivity contribution is 8.00. The summed E-state index contributed by atoms with van der Waals surface area (Å²) >= 11 is 1.97. The maximum atomic E-state index is 11.3. The molecule has 0 aliphatic carbocycles. The van der Waals surface area contributed by atoms with Gasteiger partial charge in [-0.1, -0.05) is 26.2 Å². The molecule has 1 amide bonds. The number of amides is 1. The molecular weight excluding hydrogens is 182 g/mol. The number of nitrogens with zero attached hydrogens (tertiary/aromatic N) is 1. The molecule has 2 saturated heterocycles. The average molecular weight is 199 g/mol. The van der Waals surface area contributed by atoms with Crippen LogP contribution in [0.1, 0.15) is 39.0 Å². The van der Waals surface area contributed by atoms with Crippen molar-refractivity contribution in [1.29, 1.82) is 0 Å². The number of rotatable bonds is 4. The maximum absolute atomic E-state index is 11.3. The van der Waals surface area contributed by atoms with E-state index in [2.05, 4.69) is 11.8 Å². The van der Waals surface area contributed by atoms with E-state index in [-0.39, 0.29) is 0 Å². The summed E-state index contributed by atoms with van der Waals surface area (Å²) in [5, 5.41) is 0.555. The molecule has 3 heteroatoms. The normalized spacial score (nSPS) is 31.8. The Bertz CT molecular complexity index is 207. The number of unbranched alkanes of at least 4 members (excludes halogenated alkanes) is 2. The number of β-lactam (4-membered cyclic amide) rings is 1. The Hall–Kier alpha value is -0.180. The van der Waals surface area contributed by atoms with Gasteiger partial charge in [0, 0.05) is 11.8 Å². The van der Waals surface area contributed by atoms with Crippen LogP contribution in [0.15, 0.2) is 0 Å². The summed E-state index contributed by atoms with van der Waals surface area (Å²) in [4.78, 5) is 13.4. The van der Waals surface area contributed by atoms with Crippen LogP contribution in [0.5, 0.6) is 0 Å². The first kappa shape index (κ1) is 9.38. The summed E-state index contributed by atoms with van der Waals surface area (Å²) in [6.45, 7) is 2.22. The predicted octanol–water partition coefficient (Wildman–Crippen LogP) is 2.24. The third-order valence-electron chi connectivity index (χ3n) is 2.96. The second-order valence-electron chi connectivity index (χ2n) is 3.94. The molecule has 0 aromatic rings. The van der Waals surface area contributed by atoms with E-state index in [0.717, 1.165) is 6.42 Å². The van der Waals surface area contributed by atoms with Gasteiger partial charge in [-0.25, -0.2) is 0 Å². The van der Waals surface area contributed by atoms with E-state index in [1.807, 2.05) is 11.8 Å². The monoisotopic (exact) mass is 199 g/mol. The molecule has 74 valence electrons. The number of hydrogen-bond donors (Lipinski definition) is 0. The van der Waals surface area contributed by atoms with Crippen LogP contribution in [0.4, 0.5) is 0 Å². The fourth-order valence-electron chi connectivity index (χ4n) is 2.13. The van der Waals surface area contributed by atoms with E-state index in [1.165, 1.54) is 31.4 Å². The van der Waals surface area contributed by atoms with Crippen LogP contribution in [0.2, 0.25) is 0 Å². The molecule has 2 aliphatic heterocycles. The molecular formula is C10H17NOS. The highest BCUT2D eigenvalue weighted by atomic mass is 32.2. The van der Waals surface area contributed by atoms with Crippen LogP contribution in [-0.2, 0) is 4.79 Å². The average Bonchev–Trinajstić information content (AvgIpc) is 2.42. The van der Waals surface area contributed by atoms with Crippen molar-refractivity contribution in [3.05, 3.63) is 0 Å². The minimum Gasteiger partial charge on any atom is -0.326 e. The van der Waals surface area contributed by atoms with Gasteiger partial charge >= 0.3 is 0 Å². The molecule has 0 saturated carbocycles. The van der Waals surface area contributed by atoms with Gasteiger partial charge in [0.2, 0.25) is 5.91 Å². The van der Waals surface area contributed by atoms with E-state index < -0.39 is 0 Å². The molecule has 2 fully saturated rings. The lowest BCUT2D eigenvalue weighted by Crippen LogP contribution is -2.51. The Labute approximate surface area is 84.1 Å². The van der Waals surface area contributed by atoms with Crippen molar-refractivity contribution in [2.45, 2.75) is 50.4 Å². The first-order valence-corrected chi connectivity index (χ1v) is 6.30. The summed E-state index contributed by atoms with van der Waals surface area (Å²) in [6.07, 6.45) is 5.90. The van der Waals surface area contributed by atoms with Gasteiger partial charge in [-0.3, -0.25) is 4.79 Å². The smallest absolute Gasteiger partial charge is 0.226 e. The molecule has 2 unspecified atom stereocenters. The molecule has 2 nitrogen and oxygen atoms in total. The number of fused-ring (bicyclic) bond motifs is 1. The zero-order valence-electron chi connectivity index (χ0n) is 8.16. The van der Waals surface area contributed by atoms with Gasteiger partial charge in [-0.2, -0.15) is 0 Å². The van der Waals surface area contributed by atoms with Gasteiger partial charge in [-0.05, 0) is 6.42 Å². The standard InChI is InChI=1S/C10H17NOS/c1-2-3-4-5-8-7-13-10-6-9(12)11(8)10/h8,10H,2-7H2,1H3. The van der Waals surface area contributed by atoms with E-state index >= 15 is 0 Å². The van der Waals surface area contributed by atoms with Gasteiger partial charge in [-0.15, -0.1) is 11.8 Å². The molecule has 2 rings (SSSR count). The van der Waals surface area contributed by atoms with Crippen LogP contribution in [0.25, 0.3) is 0 Å². The number of hydrogen-bond acceptors (Lipinski definition) is 2. The first-order chi connectivity index (χ1) is 6.33. The van der Waals surface area contributed by atoms with Gasteiger partial charge in [0.05, 0.1) is 11.8 Å². The van der Waals surface area contributed by atoms with Crippen LogP contribution < -0.4 is 0 Å². The molecule has 0 bridgehead atoms. The summed E-state index contributed by atoms with van der Waals surface area (Å²) in [7, 11) is 0. The third kappa shape index (κ3) is 1.71. The van der Waals surface area contributed by atoms with Crippen molar-refractivity contribution >= 4 is 17.7 Å². The van der Waals surface area contributed by atoms with E-state index in [9.17, 15) is 4.79 Å². The first-order valence-electron chi connectivity index (χ1n) is 5.25. The van der Waals surface area contributed by atoms with Crippen molar-refractivity contribution in [2.75, 3.05) is 5.75 Å².